The molecule has 0 amide bonds. The number of rotatable bonds is 6. The van der Waals surface area contributed by atoms with Crippen LogP contribution in [0.2, 0.25) is 5.02 Å². The molecule has 1 aliphatic rings. The summed E-state index contributed by atoms with van der Waals surface area (Å²) in [6.45, 7) is 1.39. The summed E-state index contributed by atoms with van der Waals surface area (Å²) in [5.74, 6) is -1.20. The molecule has 0 spiro atoms. The van der Waals surface area contributed by atoms with E-state index >= 15 is 0 Å². The summed E-state index contributed by atoms with van der Waals surface area (Å²) in [7, 11) is -4.12. The molecule has 29 heavy (non-hydrogen) atoms. The molecule has 3 rings (SSSR count). The second-order valence-corrected chi connectivity index (χ2v) is 8.47. The third-order valence-electron chi connectivity index (χ3n) is 4.20. The Morgan fingerprint density at radius 2 is 2.07 bits per heavy atom. The summed E-state index contributed by atoms with van der Waals surface area (Å²) in [4.78, 5) is 22.8. The first-order chi connectivity index (χ1) is 13.7. The Labute approximate surface area is 172 Å². The molecule has 0 fully saturated rings. The van der Waals surface area contributed by atoms with E-state index < -0.39 is 32.8 Å². The second kappa shape index (κ2) is 8.26. The number of benzene rings is 2. The molecule has 11 heteroatoms. The van der Waals surface area contributed by atoms with E-state index in [1.165, 1.54) is 42.5 Å². The van der Waals surface area contributed by atoms with E-state index in [-0.39, 0.29) is 40.9 Å². The second-order valence-electron chi connectivity index (χ2n) is 6.14. The normalized spacial score (nSPS) is 15.9. The van der Waals surface area contributed by atoms with Gasteiger partial charge >= 0.3 is 5.97 Å². The van der Waals surface area contributed by atoms with E-state index in [4.69, 9.17) is 21.1 Å². The standard InChI is InChI=1S/C18H17ClN2O7S/c1-2-27-18(22)17-10-20(15-9-13(19)7-8-16(15)28-17)29(25,26)11-12-5-3-4-6-14(12)21(23)24/h3-9,17H,2,10-11H2,1H3. The van der Waals surface area contributed by atoms with Gasteiger partial charge < -0.3 is 9.47 Å². The molecule has 0 saturated carbocycles. The fraction of sp³-hybridized carbons (Fsp3) is 0.278. The minimum Gasteiger partial charge on any atom is -0.475 e. The third kappa shape index (κ3) is 4.43. The van der Waals surface area contributed by atoms with Crippen molar-refractivity contribution in [2.75, 3.05) is 17.5 Å². The summed E-state index contributed by atoms with van der Waals surface area (Å²) >= 11 is 6.01. The summed E-state index contributed by atoms with van der Waals surface area (Å²) < 4.78 is 37.9. The van der Waals surface area contributed by atoms with Gasteiger partial charge in [-0.1, -0.05) is 29.8 Å². The van der Waals surface area contributed by atoms with Crippen LogP contribution in [0.5, 0.6) is 5.75 Å². The van der Waals surface area contributed by atoms with Crippen molar-refractivity contribution in [3.05, 3.63) is 63.2 Å². The number of sulfonamides is 1. The van der Waals surface area contributed by atoms with E-state index in [1.54, 1.807) is 6.92 Å². The van der Waals surface area contributed by atoms with E-state index in [1.807, 2.05) is 0 Å². The number of nitro groups is 1. The molecule has 9 nitrogen and oxygen atoms in total. The fourth-order valence-corrected chi connectivity index (χ4v) is 4.70. The maximum absolute atomic E-state index is 13.2. The van der Waals surface area contributed by atoms with Gasteiger partial charge in [-0.3, -0.25) is 14.4 Å². The van der Waals surface area contributed by atoms with E-state index in [2.05, 4.69) is 0 Å². The number of carbonyl (C=O) groups is 1. The first-order valence-corrected chi connectivity index (χ1v) is 10.6. The smallest absolute Gasteiger partial charge is 0.349 e. The highest BCUT2D eigenvalue weighted by Crippen LogP contribution is 2.38. The number of nitrogens with zero attached hydrogens (tertiary/aromatic N) is 2. The molecule has 1 unspecified atom stereocenters. The average molecular weight is 441 g/mol. The van der Waals surface area contributed by atoms with Crippen molar-refractivity contribution in [3.8, 4) is 5.75 Å². The molecule has 1 atom stereocenters. The van der Waals surface area contributed by atoms with Gasteiger partial charge in [0, 0.05) is 16.7 Å². The Bertz CT molecular complexity index is 1060. The molecule has 0 saturated heterocycles. The predicted molar refractivity (Wildman–Crippen MR) is 106 cm³/mol. The van der Waals surface area contributed by atoms with Crippen molar-refractivity contribution in [2.45, 2.75) is 18.8 Å². The molecule has 1 heterocycles. The lowest BCUT2D eigenvalue weighted by molar-refractivity contribution is -0.385. The zero-order valence-corrected chi connectivity index (χ0v) is 16.9. The molecule has 1 aliphatic heterocycles. The maximum atomic E-state index is 13.2. The number of esters is 1. The molecule has 0 bridgehead atoms. The van der Waals surface area contributed by atoms with Crippen molar-refractivity contribution >= 4 is 39.0 Å². The van der Waals surface area contributed by atoms with Crippen molar-refractivity contribution in [1.82, 2.24) is 0 Å². The van der Waals surface area contributed by atoms with E-state index in [9.17, 15) is 23.3 Å². The minimum atomic E-state index is -4.12. The SMILES string of the molecule is CCOC(=O)C1CN(S(=O)(=O)Cc2ccccc2[N+](=O)[O-])c2cc(Cl)ccc2O1. The van der Waals surface area contributed by atoms with Gasteiger partial charge in [-0.25, -0.2) is 13.2 Å². The molecular formula is C18H17ClN2O7S. The van der Waals surface area contributed by atoms with Crippen molar-refractivity contribution in [2.24, 2.45) is 0 Å². The number of ether oxygens (including phenoxy) is 2. The quantitative estimate of drug-likeness (QED) is 0.385. The number of carbonyl (C=O) groups excluding carboxylic acids is 1. The lowest BCUT2D eigenvalue weighted by Gasteiger charge is -2.34. The first-order valence-electron chi connectivity index (χ1n) is 8.58. The van der Waals surface area contributed by atoms with Crippen LogP contribution in [0.1, 0.15) is 12.5 Å². The van der Waals surface area contributed by atoms with Crippen LogP contribution in [0.4, 0.5) is 11.4 Å². The first kappa shape index (κ1) is 20.9. The van der Waals surface area contributed by atoms with Gasteiger partial charge in [-0.2, -0.15) is 0 Å². The Hall–Kier alpha value is -2.85. The maximum Gasteiger partial charge on any atom is 0.349 e. The third-order valence-corrected chi connectivity index (χ3v) is 6.13. The molecule has 2 aromatic rings. The fourth-order valence-electron chi connectivity index (χ4n) is 2.93. The summed E-state index contributed by atoms with van der Waals surface area (Å²) in [5.41, 5.74) is -0.130. The Morgan fingerprint density at radius 3 is 2.76 bits per heavy atom. The van der Waals surface area contributed by atoms with E-state index in [0.29, 0.717) is 0 Å². The Kier molecular flexibility index (Phi) is 5.94. The highest BCUT2D eigenvalue weighted by molar-refractivity contribution is 7.92. The van der Waals surface area contributed by atoms with E-state index in [0.717, 1.165) is 4.31 Å². The van der Waals surface area contributed by atoms with Crippen LogP contribution >= 0.6 is 11.6 Å². The number of fused-ring (bicyclic) bond motifs is 1. The molecule has 154 valence electrons. The number of anilines is 1. The number of hydrogen-bond acceptors (Lipinski definition) is 7. The van der Waals surface area contributed by atoms with Gasteiger partial charge in [-0.15, -0.1) is 0 Å². The van der Waals surface area contributed by atoms with Crippen LogP contribution < -0.4 is 9.04 Å². The van der Waals surface area contributed by atoms with Crippen LogP contribution in [0.25, 0.3) is 0 Å². The van der Waals surface area contributed by atoms with Crippen LogP contribution in [-0.2, 0) is 25.3 Å². The van der Waals surface area contributed by atoms with Crippen LogP contribution in [-0.4, -0.2) is 38.6 Å². The van der Waals surface area contributed by atoms with Crippen molar-refractivity contribution < 1.29 is 27.6 Å². The minimum absolute atomic E-state index is 0.0280. The number of halogens is 1. The van der Waals surface area contributed by atoms with Gasteiger partial charge in [-0.05, 0) is 25.1 Å². The zero-order valence-electron chi connectivity index (χ0n) is 15.3. The number of hydrogen-bond donors (Lipinski definition) is 0. The highest BCUT2D eigenvalue weighted by Gasteiger charge is 2.38. The zero-order chi connectivity index (χ0) is 21.2. The lowest BCUT2D eigenvalue weighted by atomic mass is 10.2. The van der Waals surface area contributed by atoms with Gasteiger partial charge in [0.2, 0.25) is 16.1 Å². The molecule has 0 aromatic heterocycles. The molecule has 0 N–H and O–H groups in total. The molecule has 2 aromatic carbocycles. The summed E-state index contributed by atoms with van der Waals surface area (Å²) in [6.07, 6.45) is -1.18. The van der Waals surface area contributed by atoms with Crippen LogP contribution in [0.15, 0.2) is 42.5 Å². The van der Waals surface area contributed by atoms with Crippen molar-refractivity contribution in [1.29, 1.82) is 0 Å². The summed E-state index contributed by atoms with van der Waals surface area (Å²) in [6, 6.07) is 9.93. The van der Waals surface area contributed by atoms with Gasteiger partial charge in [0.15, 0.2) is 0 Å². The molecule has 0 radical (unpaired) electrons. The largest absolute Gasteiger partial charge is 0.475 e. The highest BCUT2D eigenvalue weighted by atomic mass is 35.5. The topological polar surface area (TPSA) is 116 Å². The Balaban J connectivity index is 2.02. The monoisotopic (exact) mass is 440 g/mol. The van der Waals surface area contributed by atoms with Gasteiger partial charge in [0.1, 0.15) is 11.5 Å². The number of nitro benzene ring substituents is 1. The average Bonchev–Trinajstić information content (AvgIpc) is 2.67. The molecule has 0 aliphatic carbocycles. The van der Waals surface area contributed by atoms with Gasteiger partial charge in [0.25, 0.3) is 5.69 Å². The van der Waals surface area contributed by atoms with Crippen molar-refractivity contribution in [3.63, 3.8) is 0 Å². The number of para-hydroxylation sites is 1. The molecular weight excluding hydrogens is 424 g/mol. The van der Waals surface area contributed by atoms with Crippen LogP contribution in [0, 0.1) is 10.1 Å². The van der Waals surface area contributed by atoms with Crippen LogP contribution in [0.3, 0.4) is 0 Å². The lowest BCUT2D eigenvalue weighted by Crippen LogP contribution is -2.48. The van der Waals surface area contributed by atoms with Gasteiger partial charge in [0.05, 0.1) is 23.8 Å². The summed E-state index contributed by atoms with van der Waals surface area (Å²) in [5, 5.41) is 11.5. The Morgan fingerprint density at radius 1 is 1.34 bits per heavy atom. The predicted octanol–water partition coefficient (Wildman–Crippen LogP) is 2.91.